The van der Waals surface area contributed by atoms with Crippen LogP contribution in [0.15, 0.2) is 24.8 Å². The second-order valence-electron chi connectivity index (χ2n) is 9.57. The molecule has 6 rings (SSSR count). The van der Waals surface area contributed by atoms with Gasteiger partial charge in [-0.3, -0.25) is 4.90 Å². The van der Waals surface area contributed by atoms with Crippen molar-refractivity contribution in [3.63, 3.8) is 0 Å². The van der Waals surface area contributed by atoms with Gasteiger partial charge in [0.05, 0.1) is 18.0 Å². The highest BCUT2D eigenvalue weighted by molar-refractivity contribution is 7.18. The molecule has 0 bridgehead atoms. The number of thiophene rings is 1. The van der Waals surface area contributed by atoms with Gasteiger partial charge in [0.15, 0.2) is 0 Å². The van der Waals surface area contributed by atoms with Crippen LogP contribution in [0.2, 0.25) is 0 Å². The fourth-order valence-corrected chi connectivity index (χ4v) is 6.39. The zero-order valence-corrected chi connectivity index (χ0v) is 18.9. The summed E-state index contributed by atoms with van der Waals surface area (Å²) in [6, 6.07) is 1.61. The van der Waals surface area contributed by atoms with Gasteiger partial charge >= 0.3 is 6.18 Å². The molecular weight excluding hydrogens is 453 g/mol. The van der Waals surface area contributed by atoms with Crippen LogP contribution < -0.4 is 4.90 Å². The average Bonchev–Trinajstić information content (AvgIpc) is 3.34. The van der Waals surface area contributed by atoms with Crippen LogP contribution in [0.1, 0.15) is 35.9 Å². The number of alkyl halides is 3. The van der Waals surface area contributed by atoms with Gasteiger partial charge in [-0.1, -0.05) is 0 Å². The van der Waals surface area contributed by atoms with Crippen LogP contribution >= 0.6 is 11.3 Å². The fourth-order valence-electron chi connectivity index (χ4n) is 5.36. The molecule has 0 N–H and O–H groups in total. The normalized spacial score (nSPS) is 23.1. The van der Waals surface area contributed by atoms with Crippen LogP contribution in [0.3, 0.4) is 0 Å². The van der Waals surface area contributed by atoms with Crippen LogP contribution in [0.4, 0.5) is 19.0 Å². The van der Waals surface area contributed by atoms with E-state index in [9.17, 15) is 13.2 Å². The predicted molar refractivity (Wildman–Crippen MR) is 118 cm³/mol. The number of anilines is 1. The summed E-state index contributed by atoms with van der Waals surface area (Å²) in [4.78, 5) is 14.1. The zero-order valence-electron chi connectivity index (χ0n) is 18.1. The highest BCUT2D eigenvalue weighted by Crippen LogP contribution is 2.44. The number of hydrogen-bond donors (Lipinski definition) is 0. The second-order valence-corrected chi connectivity index (χ2v) is 10.7. The van der Waals surface area contributed by atoms with Gasteiger partial charge in [-0.05, 0) is 25.3 Å². The lowest BCUT2D eigenvalue weighted by atomic mass is 9.72. The molecule has 1 atom stereocenters. The number of likely N-dealkylation sites (tertiary alicyclic amines) is 1. The highest BCUT2D eigenvalue weighted by Gasteiger charge is 2.52. The third kappa shape index (κ3) is 4.22. The first-order chi connectivity index (χ1) is 15.9. The molecule has 176 valence electrons. The number of nitrogens with zero attached hydrogens (tertiary/aromatic N) is 6. The first kappa shape index (κ1) is 21.3. The molecule has 11 heteroatoms. The van der Waals surface area contributed by atoms with Crippen LogP contribution in [-0.4, -0.2) is 63.6 Å². The smallest absolute Gasteiger partial charge is 0.357 e. The van der Waals surface area contributed by atoms with Gasteiger partial charge < -0.3 is 9.64 Å². The minimum atomic E-state index is -4.22. The Hall–Kier alpha value is -2.24. The van der Waals surface area contributed by atoms with Crippen molar-refractivity contribution in [3.8, 4) is 0 Å². The molecule has 3 aromatic heterocycles. The molecule has 3 aromatic rings. The Labute approximate surface area is 193 Å². The molecule has 0 aliphatic carbocycles. The first-order valence-corrected chi connectivity index (χ1v) is 12.1. The molecule has 0 aromatic carbocycles. The van der Waals surface area contributed by atoms with E-state index in [2.05, 4.69) is 31.1 Å². The summed E-state index contributed by atoms with van der Waals surface area (Å²) in [6.45, 7) is 5.43. The van der Waals surface area contributed by atoms with E-state index in [1.54, 1.807) is 6.07 Å². The van der Waals surface area contributed by atoms with Crippen molar-refractivity contribution in [1.29, 1.82) is 0 Å². The molecule has 0 amide bonds. The first-order valence-electron chi connectivity index (χ1n) is 11.3. The zero-order chi connectivity index (χ0) is 22.6. The van der Waals surface area contributed by atoms with Crippen molar-refractivity contribution in [2.75, 3.05) is 37.7 Å². The maximum absolute atomic E-state index is 12.8. The Bertz CT molecular complexity index is 1140. The molecule has 1 unspecified atom stereocenters. The fraction of sp³-hybridized carbons (Fsp3) is 0.591. The van der Waals surface area contributed by atoms with Gasteiger partial charge in [-0.2, -0.15) is 18.3 Å². The maximum atomic E-state index is 12.8. The Morgan fingerprint density at radius 1 is 1.15 bits per heavy atom. The van der Waals surface area contributed by atoms with E-state index in [1.807, 2.05) is 10.9 Å². The molecule has 33 heavy (non-hydrogen) atoms. The summed E-state index contributed by atoms with van der Waals surface area (Å²) in [7, 11) is 0. The summed E-state index contributed by atoms with van der Waals surface area (Å²) in [5, 5.41) is 5.23. The van der Waals surface area contributed by atoms with Gasteiger partial charge in [-0.25, -0.2) is 14.6 Å². The summed E-state index contributed by atoms with van der Waals surface area (Å²) in [5.41, 5.74) is 1.44. The molecule has 3 aliphatic heterocycles. The lowest BCUT2D eigenvalue weighted by Crippen LogP contribution is -2.72. The summed E-state index contributed by atoms with van der Waals surface area (Å²) in [6.07, 6.45) is 3.73. The van der Waals surface area contributed by atoms with E-state index >= 15 is 0 Å². The van der Waals surface area contributed by atoms with Gasteiger partial charge in [0.2, 0.25) is 0 Å². The number of fused-ring (bicyclic) bond motifs is 1. The van der Waals surface area contributed by atoms with Gasteiger partial charge in [-0.15, -0.1) is 11.3 Å². The largest absolute Gasteiger partial charge is 0.393 e. The van der Waals surface area contributed by atoms with Gasteiger partial charge in [0, 0.05) is 61.4 Å². The quantitative estimate of drug-likeness (QED) is 0.552. The number of halogens is 3. The average molecular weight is 479 g/mol. The molecule has 3 fully saturated rings. The Balaban J connectivity index is 1.05. The number of hydrogen-bond acceptors (Lipinski definition) is 7. The van der Waals surface area contributed by atoms with E-state index in [0.29, 0.717) is 4.83 Å². The minimum Gasteiger partial charge on any atom is -0.357 e. The Morgan fingerprint density at radius 2 is 2.00 bits per heavy atom. The molecule has 7 nitrogen and oxygen atoms in total. The SMILES string of the molecule is FC(F)(F)Cc1cc2c(N3CC4(CN(Cc5cnn(C6CCCCO6)c5)C4)C3)ncnc2s1. The Morgan fingerprint density at radius 3 is 2.76 bits per heavy atom. The molecule has 3 saturated heterocycles. The van der Waals surface area contributed by atoms with Gasteiger partial charge in [0.25, 0.3) is 0 Å². The number of aromatic nitrogens is 4. The minimum absolute atomic E-state index is 0.0638. The predicted octanol–water partition coefficient (Wildman–Crippen LogP) is 4.01. The molecule has 0 saturated carbocycles. The number of ether oxygens (including phenoxy) is 1. The topological polar surface area (TPSA) is 59.3 Å². The standard InChI is InChI=1S/C22H25F3N6OS/c23-22(24,25)6-16-5-17-19(26-14-27-20(17)33-16)30-12-21(13-30)10-29(11-21)8-15-7-28-31(9-15)18-3-1-2-4-32-18/h5,7,9,14,18H,1-4,6,8,10-13H2. The molecule has 1 spiro atoms. The summed E-state index contributed by atoms with van der Waals surface area (Å²) < 4.78 is 46.1. The van der Waals surface area contributed by atoms with Crippen LogP contribution in [-0.2, 0) is 17.7 Å². The lowest BCUT2D eigenvalue weighted by molar-refractivity contribution is -0.126. The highest BCUT2D eigenvalue weighted by atomic mass is 32.1. The lowest BCUT2D eigenvalue weighted by Gasteiger charge is -2.60. The van der Waals surface area contributed by atoms with Crippen molar-refractivity contribution in [3.05, 3.63) is 35.2 Å². The van der Waals surface area contributed by atoms with Crippen molar-refractivity contribution in [2.45, 2.75) is 44.6 Å². The monoisotopic (exact) mass is 478 g/mol. The molecular formula is C22H25F3N6OS. The van der Waals surface area contributed by atoms with E-state index < -0.39 is 12.6 Å². The maximum Gasteiger partial charge on any atom is 0.393 e. The van der Waals surface area contributed by atoms with Gasteiger partial charge in [0.1, 0.15) is 23.2 Å². The third-order valence-electron chi connectivity index (χ3n) is 6.72. The summed E-state index contributed by atoms with van der Waals surface area (Å²) in [5.74, 6) is 0.752. The van der Waals surface area contributed by atoms with Crippen LogP contribution in [0, 0.1) is 5.41 Å². The molecule has 6 heterocycles. The molecule has 0 radical (unpaired) electrons. The Kier molecular flexibility index (Phi) is 5.11. The van der Waals surface area contributed by atoms with Crippen molar-refractivity contribution in [1.82, 2.24) is 24.6 Å². The van der Waals surface area contributed by atoms with Crippen LogP contribution in [0.25, 0.3) is 10.2 Å². The van der Waals surface area contributed by atoms with Crippen molar-refractivity contribution < 1.29 is 17.9 Å². The van der Waals surface area contributed by atoms with E-state index in [1.165, 1.54) is 18.3 Å². The second kappa shape index (κ2) is 7.92. The summed E-state index contributed by atoms with van der Waals surface area (Å²) >= 11 is 1.10. The van der Waals surface area contributed by atoms with E-state index in [0.717, 1.165) is 74.7 Å². The van der Waals surface area contributed by atoms with Crippen LogP contribution in [0.5, 0.6) is 0 Å². The third-order valence-corrected chi connectivity index (χ3v) is 7.76. The number of rotatable bonds is 5. The van der Waals surface area contributed by atoms with E-state index in [-0.39, 0.29) is 16.5 Å². The van der Waals surface area contributed by atoms with E-state index in [4.69, 9.17) is 4.74 Å². The van der Waals surface area contributed by atoms with Crippen molar-refractivity contribution in [2.24, 2.45) is 5.41 Å². The van der Waals surface area contributed by atoms with Crippen molar-refractivity contribution >= 4 is 27.4 Å². The molecule has 3 aliphatic rings.